The molecule has 5 heteroatoms. The van der Waals surface area contributed by atoms with Gasteiger partial charge >= 0.3 is 5.97 Å². The summed E-state index contributed by atoms with van der Waals surface area (Å²) in [6, 6.07) is 13.3. The summed E-state index contributed by atoms with van der Waals surface area (Å²) in [6.45, 7) is 2.30. The van der Waals surface area contributed by atoms with Crippen LogP contribution in [-0.2, 0) is 22.6 Å². The van der Waals surface area contributed by atoms with Crippen LogP contribution >= 0.6 is 11.6 Å². The average Bonchev–Trinajstić information content (AvgIpc) is 2.54. The largest absolute Gasteiger partial charge is 0.487 e. The number of benzene rings is 2. The molecule has 0 spiro atoms. The number of carbonyl (C=O) groups is 1. The smallest absolute Gasteiger partial charge is 0.335 e. The molecule has 0 aliphatic rings. The van der Waals surface area contributed by atoms with Crippen LogP contribution in [0.4, 0.5) is 0 Å². The summed E-state index contributed by atoms with van der Waals surface area (Å²) in [6.07, 6.45) is -1.06. The summed E-state index contributed by atoms with van der Waals surface area (Å²) in [5.41, 5.74) is 2.64. The number of esters is 1. The first-order valence-electron chi connectivity index (χ1n) is 7.23. The van der Waals surface area contributed by atoms with Crippen LogP contribution in [0.25, 0.3) is 0 Å². The van der Waals surface area contributed by atoms with Gasteiger partial charge in [0.1, 0.15) is 12.4 Å². The molecule has 2 aromatic carbocycles. The third-order valence-electron chi connectivity index (χ3n) is 3.42. The van der Waals surface area contributed by atoms with Crippen molar-refractivity contribution in [2.24, 2.45) is 0 Å². The fourth-order valence-electron chi connectivity index (χ4n) is 2.27. The maximum Gasteiger partial charge on any atom is 0.335 e. The molecule has 0 amide bonds. The lowest BCUT2D eigenvalue weighted by Crippen LogP contribution is -2.24. The van der Waals surface area contributed by atoms with Crippen molar-refractivity contribution < 1.29 is 19.4 Å². The first-order chi connectivity index (χ1) is 11.0. The quantitative estimate of drug-likeness (QED) is 0.823. The maximum absolute atomic E-state index is 11.3. The monoisotopic (exact) mass is 334 g/mol. The van der Waals surface area contributed by atoms with E-state index in [1.165, 1.54) is 7.11 Å². The van der Waals surface area contributed by atoms with E-state index in [1.54, 1.807) is 6.07 Å². The lowest BCUT2D eigenvalue weighted by atomic mass is 10.0. The Bertz CT molecular complexity index is 647. The number of aliphatic hydroxyl groups is 1. The number of methoxy groups -OCH3 is 1. The van der Waals surface area contributed by atoms with Crippen LogP contribution in [0, 0.1) is 6.92 Å². The molecular weight excluding hydrogens is 316 g/mol. The molecule has 0 saturated carbocycles. The van der Waals surface area contributed by atoms with Crippen LogP contribution in [0.15, 0.2) is 42.5 Å². The van der Waals surface area contributed by atoms with Crippen molar-refractivity contribution in [1.82, 2.24) is 0 Å². The van der Waals surface area contributed by atoms with Gasteiger partial charge in [-0.25, -0.2) is 4.79 Å². The minimum Gasteiger partial charge on any atom is -0.487 e. The molecule has 0 fully saturated rings. The zero-order valence-electron chi connectivity index (χ0n) is 13.1. The summed E-state index contributed by atoms with van der Waals surface area (Å²) in [7, 11) is 1.24. The molecule has 0 aromatic heterocycles. The SMILES string of the molecule is COC(=O)C(O)Cc1cc(C)c(OCc2ccccc2)c(Cl)c1. The Labute approximate surface area is 140 Å². The van der Waals surface area contributed by atoms with E-state index in [0.29, 0.717) is 17.4 Å². The number of carbonyl (C=O) groups excluding carboxylic acids is 1. The molecule has 23 heavy (non-hydrogen) atoms. The molecule has 1 N–H and O–H groups in total. The van der Waals surface area contributed by atoms with Crippen LogP contribution in [0.2, 0.25) is 5.02 Å². The van der Waals surface area contributed by atoms with Gasteiger partial charge in [0.2, 0.25) is 0 Å². The standard InChI is InChI=1S/C18H19ClO4/c1-12-8-14(10-16(20)18(21)22-2)9-15(19)17(12)23-11-13-6-4-3-5-7-13/h3-9,16,20H,10-11H2,1-2H3. The summed E-state index contributed by atoms with van der Waals surface area (Å²) >= 11 is 6.27. The van der Waals surface area contributed by atoms with Gasteiger partial charge in [-0.3, -0.25) is 0 Å². The topological polar surface area (TPSA) is 55.8 Å². The number of aliphatic hydroxyl groups excluding tert-OH is 1. The van der Waals surface area contributed by atoms with Gasteiger partial charge in [0.15, 0.2) is 6.10 Å². The molecule has 1 unspecified atom stereocenters. The van der Waals surface area contributed by atoms with Gasteiger partial charge in [0.05, 0.1) is 12.1 Å². The van der Waals surface area contributed by atoms with Crippen molar-refractivity contribution in [3.8, 4) is 5.75 Å². The Hall–Kier alpha value is -2.04. The minimum atomic E-state index is -1.20. The Balaban J connectivity index is 2.09. The van der Waals surface area contributed by atoms with Gasteiger partial charge in [-0.05, 0) is 29.7 Å². The maximum atomic E-state index is 11.3. The normalized spacial score (nSPS) is 11.8. The molecule has 0 radical (unpaired) electrons. The number of aryl methyl sites for hydroxylation is 1. The number of hydrogen-bond donors (Lipinski definition) is 1. The average molecular weight is 335 g/mol. The van der Waals surface area contributed by atoms with Crippen LogP contribution in [-0.4, -0.2) is 24.3 Å². The molecule has 122 valence electrons. The van der Waals surface area contributed by atoms with Crippen LogP contribution < -0.4 is 4.74 Å². The van der Waals surface area contributed by atoms with E-state index < -0.39 is 12.1 Å². The van der Waals surface area contributed by atoms with Crippen molar-refractivity contribution in [1.29, 1.82) is 0 Å². The highest BCUT2D eigenvalue weighted by Gasteiger charge is 2.17. The lowest BCUT2D eigenvalue weighted by Gasteiger charge is -2.14. The number of halogens is 1. The van der Waals surface area contributed by atoms with Crippen molar-refractivity contribution in [2.75, 3.05) is 7.11 Å². The van der Waals surface area contributed by atoms with Gasteiger partial charge in [-0.2, -0.15) is 0 Å². The number of rotatable bonds is 6. The molecule has 2 aromatic rings. The summed E-state index contributed by atoms with van der Waals surface area (Å²) in [5, 5.41) is 10.2. The highest BCUT2D eigenvalue weighted by atomic mass is 35.5. The lowest BCUT2D eigenvalue weighted by molar-refractivity contribution is -0.150. The molecule has 4 nitrogen and oxygen atoms in total. The number of hydrogen-bond acceptors (Lipinski definition) is 4. The van der Waals surface area contributed by atoms with Gasteiger partial charge in [0, 0.05) is 6.42 Å². The molecule has 0 saturated heterocycles. The first kappa shape index (κ1) is 17.3. The predicted octanol–water partition coefficient (Wildman–Crippen LogP) is 3.30. The van der Waals surface area contributed by atoms with E-state index in [1.807, 2.05) is 43.3 Å². The zero-order chi connectivity index (χ0) is 16.8. The molecule has 0 heterocycles. The first-order valence-corrected chi connectivity index (χ1v) is 7.60. The fraction of sp³-hybridized carbons (Fsp3) is 0.278. The van der Waals surface area contributed by atoms with E-state index >= 15 is 0 Å². The highest BCUT2D eigenvalue weighted by molar-refractivity contribution is 6.32. The molecule has 0 aliphatic carbocycles. The van der Waals surface area contributed by atoms with E-state index in [0.717, 1.165) is 16.7 Å². The van der Waals surface area contributed by atoms with E-state index in [9.17, 15) is 9.90 Å². The Morgan fingerprint density at radius 1 is 1.22 bits per heavy atom. The van der Waals surface area contributed by atoms with E-state index in [2.05, 4.69) is 4.74 Å². The summed E-state index contributed by atoms with van der Waals surface area (Å²) in [5.74, 6) is -0.0602. The third-order valence-corrected chi connectivity index (χ3v) is 3.70. The minimum absolute atomic E-state index is 0.145. The summed E-state index contributed by atoms with van der Waals surface area (Å²) < 4.78 is 10.3. The van der Waals surface area contributed by atoms with E-state index in [-0.39, 0.29) is 6.42 Å². The molecule has 0 aliphatic heterocycles. The molecule has 1 atom stereocenters. The summed E-state index contributed by atoms with van der Waals surface area (Å²) in [4.78, 5) is 11.3. The predicted molar refractivity (Wildman–Crippen MR) is 88.7 cm³/mol. The van der Waals surface area contributed by atoms with Crippen LogP contribution in [0.3, 0.4) is 0 Å². The van der Waals surface area contributed by atoms with Gasteiger partial charge in [0.25, 0.3) is 0 Å². The van der Waals surface area contributed by atoms with Gasteiger partial charge < -0.3 is 14.6 Å². The van der Waals surface area contributed by atoms with Crippen molar-refractivity contribution >= 4 is 17.6 Å². The highest BCUT2D eigenvalue weighted by Crippen LogP contribution is 2.31. The Kier molecular flexibility index (Phi) is 6.02. The second kappa shape index (κ2) is 7.99. The van der Waals surface area contributed by atoms with Crippen molar-refractivity contribution in [2.45, 2.75) is 26.1 Å². The van der Waals surface area contributed by atoms with Crippen LogP contribution in [0.1, 0.15) is 16.7 Å². The van der Waals surface area contributed by atoms with Crippen molar-refractivity contribution in [3.63, 3.8) is 0 Å². The van der Waals surface area contributed by atoms with Crippen LogP contribution in [0.5, 0.6) is 5.75 Å². The van der Waals surface area contributed by atoms with Crippen molar-refractivity contribution in [3.05, 3.63) is 64.2 Å². The second-order valence-electron chi connectivity index (χ2n) is 5.24. The Morgan fingerprint density at radius 2 is 1.91 bits per heavy atom. The Morgan fingerprint density at radius 3 is 2.52 bits per heavy atom. The second-order valence-corrected chi connectivity index (χ2v) is 5.65. The van der Waals surface area contributed by atoms with Gasteiger partial charge in [-0.1, -0.05) is 48.0 Å². The van der Waals surface area contributed by atoms with E-state index in [4.69, 9.17) is 16.3 Å². The number of ether oxygens (including phenoxy) is 2. The zero-order valence-corrected chi connectivity index (χ0v) is 13.8. The third kappa shape index (κ3) is 4.71. The molecular formula is C18H19ClO4. The molecule has 0 bridgehead atoms. The fourth-order valence-corrected chi connectivity index (χ4v) is 2.62. The van der Waals surface area contributed by atoms with Gasteiger partial charge in [-0.15, -0.1) is 0 Å². The molecule has 2 rings (SSSR count).